The molecule has 1 aliphatic heterocycles. The minimum absolute atomic E-state index is 0.626. The largest absolute Gasteiger partial charge is 0.486 e. The van der Waals surface area contributed by atoms with E-state index in [2.05, 4.69) is 27.4 Å². The standard InChI is InChI=1S/C10H14O2.C3H8/c1-3-5-9-10(6-4-2)12-8-7-11-9;1-3-2/h3,5-6H,1,4,7-8H2,2H3;3H2,1-2H3/b9-5+,10-6+;. The van der Waals surface area contributed by atoms with Crippen LogP contribution in [0.3, 0.4) is 0 Å². The van der Waals surface area contributed by atoms with E-state index >= 15 is 0 Å². The number of rotatable bonds is 2. The van der Waals surface area contributed by atoms with Gasteiger partial charge in [-0.3, -0.25) is 0 Å². The minimum Gasteiger partial charge on any atom is -0.486 e. The molecule has 15 heavy (non-hydrogen) atoms. The normalized spacial score (nSPS) is 19.9. The SMILES string of the molecule is C=C/C=C1/OCCO/C1=C/CC.CCC. The summed E-state index contributed by atoms with van der Waals surface area (Å²) in [7, 11) is 0. The third-order valence-electron chi connectivity index (χ3n) is 1.50. The summed E-state index contributed by atoms with van der Waals surface area (Å²) in [5.41, 5.74) is 0. The van der Waals surface area contributed by atoms with Gasteiger partial charge >= 0.3 is 0 Å². The van der Waals surface area contributed by atoms with Gasteiger partial charge in [-0.2, -0.15) is 0 Å². The fourth-order valence-corrected chi connectivity index (χ4v) is 1.03. The summed E-state index contributed by atoms with van der Waals surface area (Å²) in [4.78, 5) is 0. The molecule has 0 spiro atoms. The second-order valence-corrected chi connectivity index (χ2v) is 3.15. The van der Waals surface area contributed by atoms with Gasteiger partial charge in [0.1, 0.15) is 13.2 Å². The summed E-state index contributed by atoms with van der Waals surface area (Å²) in [5, 5.41) is 0. The zero-order valence-corrected chi connectivity index (χ0v) is 10.1. The summed E-state index contributed by atoms with van der Waals surface area (Å²) in [5.74, 6) is 1.63. The van der Waals surface area contributed by atoms with E-state index in [0.717, 1.165) is 17.9 Å². The highest BCUT2D eigenvalue weighted by Gasteiger charge is 2.11. The van der Waals surface area contributed by atoms with Crippen LogP contribution in [0.1, 0.15) is 33.6 Å². The van der Waals surface area contributed by atoms with E-state index in [0.29, 0.717) is 13.2 Å². The van der Waals surface area contributed by atoms with Crippen LogP contribution in [0.15, 0.2) is 36.3 Å². The minimum atomic E-state index is 0.626. The smallest absolute Gasteiger partial charge is 0.160 e. The van der Waals surface area contributed by atoms with Crippen LogP contribution in [0.25, 0.3) is 0 Å². The molecule has 0 aromatic heterocycles. The fraction of sp³-hybridized carbons (Fsp3) is 0.538. The zero-order chi connectivity index (χ0) is 11.5. The van der Waals surface area contributed by atoms with Gasteiger partial charge in [0.15, 0.2) is 11.5 Å². The average molecular weight is 210 g/mol. The van der Waals surface area contributed by atoms with Crippen LogP contribution in [0.2, 0.25) is 0 Å². The molecule has 2 nitrogen and oxygen atoms in total. The molecule has 86 valence electrons. The second-order valence-electron chi connectivity index (χ2n) is 3.15. The first kappa shape index (κ1) is 13.8. The Hall–Kier alpha value is -1.18. The monoisotopic (exact) mass is 210 g/mol. The second kappa shape index (κ2) is 9.38. The molecule has 1 rings (SSSR count). The molecule has 0 bridgehead atoms. The first-order chi connectivity index (χ1) is 7.29. The lowest BCUT2D eigenvalue weighted by Crippen LogP contribution is -2.13. The molecule has 0 unspecified atom stereocenters. The molecule has 0 radical (unpaired) electrons. The highest BCUT2D eigenvalue weighted by Crippen LogP contribution is 2.18. The molecule has 1 fully saturated rings. The number of allylic oxidation sites excluding steroid dienone is 3. The first-order valence-electron chi connectivity index (χ1n) is 5.58. The first-order valence-corrected chi connectivity index (χ1v) is 5.58. The third-order valence-corrected chi connectivity index (χ3v) is 1.50. The van der Waals surface area contributed by atoms with E-state index in [-0.39, 0.29) is 0 Å². The van der Waals surface area contributed by atoms with Crippen molar-refractivity contribution in [3.8, 4) is 0 Å². The maximum atomic E-state index is 5.40. The molecule has 0 aromatic rings. The van der Waals surface area contributed by atoms with Crippen molar-refractivity contribution in [2.45, 2.75) is 33.6 Å². The van der Waals surface area contributed by atoms with Gasteiger partial charge in [-0.1, -0.05) is 39.8 Å². The van der Waals surface area contributed by atoms with Gasteiger partial charge in [-0.05, 0) is 18.6 Å². The van der Waals surface area contributed by atoms with Gasteiger partial charge < -0.3 is 9.47 Å². The molecular weight excluding hydrogens is 188 g/mol. The molecule has 0 N–H and O–H groups in total. The number of ether oxygens (including phenoxy) is 2. The van der Waals surface area contributed by atoms with Crippen LogP contribution < -0.4 is 0 Å². The lowest BCUT2D eigenvalue weighted by atomic mass is 10.3. The van der Waals surface area contributed by atoms with Crippen LogP contribution in [-0.2, 0) is 9.47 Å². The Morgan fingerprint density at radius 1 is 1.13 bits per heavy atom. The molecule has 0 aliphatic carbocycles. The Labute approximate surface area is 93.3 Å². The van der Waals surface area contributed by atoms with Crippen molar-refractivity contribution < 1.29 is 9.47 Å². The van der Waals surface area contributed by atoms with Gasteiger partial charge in [0.2, 0.25) is 0 Å². The van der Waals surface area contributed by atoms with Crippen molar-refractivity contribution in [1.29, 1.82) is 0 Å². The van der Waals surface area contributed by atoms with Crippen molar-refractivity contribution in [2.24, 2.45) is 0 Å². The Kier molecular flexibility index (Phi) is 8.64. The van der Waals surface area contributed by atoms with Gasteiger partial charge in [0, 0.05) is 0 Å². The van der Waals surface area contributed by atoms with Crippen LogP contribution in [0.4, 0.5) is 0 Å². The van der Waals surface area contributed by atoms with Crippen LogP contribution >= 0.6 is 0 Å². The predicted molar refractivity (Wildman–Crippen MR) is 64.5 cm³/mol. The highest BCUT2D eigenvalue weighted by molar-refractivity contribution is 5.24. The summed E-state index contributed by atoms with van der Waals surface area (Å²) >= 11 is 0. The van der Waals surface area contributed by atoms with Gasteiger partial charge in [-0.15, -0.1) is 0 Å². The predicted octanol–water partition coefficient (Wildman–Crippen LogP) is 3.81. The molecule has 2 heteroatoms. The van der Waals surface area contributed by atoms with Gasteiger partial charge in [0.25, 0.3) is 0 Å². The van der Waals surface area contributed by atoms with Crippen LogP contribution in [0, 0.1) is 0 Å². The molecular formula is C13H22O2. The maximum absolute atomic E-state index is 5.40. The Balaban J connectivity index is 0.000000583. The van der Waals surface area contributed by atoms with Crippen molar-refractivity contribution in [2.75, 3.05) is 13.2 Å². The van der Waals surface area contributed by atoms with E-state index in [9.17, 15) is 0 Å². The molecule has 0 saturated carbocycles. The highest BCUT2D eigenvalue weighted by atomic mass is 16.6. The third kappa shape index (κ3) is 6.00. The fourth-order valence-electron chi connectivity index (χ4n) is 1.03. The molecule has 1 heterocycles. The maximum Gasteiger partial charge on any atom is 0.160 e. The molecule has 0 aromatic carbocycles. The zero-order valence-electron chi connectivity index (χ0n) is 10.1. The summed E-state index contributed by atoms with van der Waals surface area (Å²) < 4.78 is 10.8. The average Bonchev–Trinajstić information content (AvgIpc) is 2.23. The number of hydrogen-bond acceptors (Lipinski definition) is 2. The Morgan fingerprint density at radius 3 is 2.13 bits per heavy atom. The van der Waals surface area contributed by atoms with E-state index < -0.39 is 0 Å². The lowest BCUT2D eigenvalue weighted by molar-refractivity contribution is 0.0591. The van der Waals surface area contributed by atoms with E-state index in [1.807, 2.05) is 12.2 Å². The molecule has 1 saturated heterocycles. The van der Waals surface area contributed by atoms with E-state index in [1.165, 1.54) is 6.42 Å². The summed E-state index contributed by atoms with van der Waals surface area (Å²) in [6.45, 7) is 11.2. The van der Waals surface area contributed by atoms with Crippen molar-refractivity contribution >= 4 is 0 Å². The van der Waals surface area contributed by atoms with E-state index in [4.69, 9.17) is 9.47 Å². The Bertz CT molecular complexity index is 227. The quantitative estimate of drug-likeness (QED) is 0.690. The molecule has 1 aliphatic rings. The Morgan fingerprint density at radius 2 is 1.67 bits per heavy atom. The van der Waals surface area contributed by atoms with Crippen molar-refractivity contribution in [3.05, 3.63) is 36.3 Å². The summed E-state index contributed by atoms with van der Waals surface area (Å²) in [6.07, 6.45) is 7.73. The van der Waals surface area contributed by atoms with Gasteiger partial charge in [-0.25, -0.2) is 0 Å². The van der Waals surface area contributed by atoms with Crippen molar-refractivity contribution in [1.82, 2.24) is 0 Å². The topological polar surface area (TPSA) is 18.5 Å². The summed E-state index contributed by atoms with van der Waals surface area (Å²) in [6, 6.07) is 0. The van der Waals surface area contributed by atoms with E-state index in [1.54, 1.807) is 6.08 Å². The number of hydrogen-bond donors (Lipinski definition) is 0. The van der Waals surface area contributed by atoms with Crippen molar-refractivity contribution in [3.63, 3.8) is 0 Å². The molecule has 0 amide bonds. The lowest BCUT2D eigenvalue weighted by Gasteiger charge is -2.20. The van der Waals surface area contributed by atoms with Gasteiger partial charge in [0.05, 0.1) is 0 Å². The van der Waals surface area contributed by atoms with Crippen LogP contribution in [-0.4, -0.2) is 13.2 Å². The van der Waals surface area contributed by atoms with Crippen LogP contribution in [0.5, 0.6) is 0 Å². The molecule has 0 atom stereocenters.